The van der Waals surface area contributed by atoms with Gasteiger partial charge in [0, 0.05) is 10.5 Å². The van der Waals surface area contributed by atoms with Crippen LogP contribution < -0.4 is 0 Å². The number of aromatic nitrogens is 3. The molecule has 1 heterocycles. The van der Waals surface area contributed by atoms with E-state index in [4.69, 9.17) is 0 Å². The van der Waals surface area contributed by atoms with Crippen LogP contribution in [0.25, 0.3) is 33.8 Å². The van der Waals surface area contributed by atoms with Gasteiger partial charge >= 0.3 is 5.51 Å². The van der Waals surface area contributed by atoms with Gasteiger partial charge in [0.15, 0.2) is 5.82 Å². The highest BCUT2D eigenvalue weighted by Gasteiger charge is 2.29. The van der Waals surface area contributed by atoms with Gasteiger partial charge in [-0.1, -0.05) is 42.5 Å². The molecular formula is C22H12F5N3S. The molecule has 0 bridgehead atoms. The predicted octanol–water partition coefficient (Wildman–Crippen LogP) is 6.76. The first-order valence-corrected chi connectivity index (χ1v) is 9.72. The van der Waals surface area contributed by atoms with E-state index >= 15 is 0 Å². The maximum atomic E-state index is 13.9. The molecule has 0 atom stereocenters. The highest BCUT2D eigenvalue weighted by Crippen LogP contribution is 2.37. The van der Waals surface area contributed by atoms with Gasteiger partial charge in [-0.15, -0.1) is 10.2 Å². The summed E-state index contributed by atoms with van der Waals surface area (Å²) in [6, 6.07) is 16.6. The van der Waals surface area contributed by atoms with Gasteiger partial charge in [0.1, 0.15) is 17.3 Å². The number of nitrogens with zero attached hydrogens (tertiary/aromatic N) is 3. The van der Waals surface area contributed by atoms with Crippen LogP contribution in [0.4, 0.5) is 22.0 Å². The highest BCUT2D eigenvalue weighted by atomic mass is 32.2. The molecule has 4 aromatic rings. The average molecular weight is 445 g/mol. The van der Waals surface area contributed by atoms with E-state index in [0.29, 0.717) is 11.3 Å². The number of benzene rings is 3. The van der Waals surface area contributed by atoms with Crippen LogP contribution >= 0.6 is 11.8 Å². The predicted molar refractivity (Wildman–Crippen MR) is 108 cm³/mol. The Labute approximate surface area is 178 Å². The topological polar surface area (TPSA) is 38.7 Å². The normalized spacial score (nSPS) is 11.5. The molecule has 3 aromatic carbocycles. The van der Waals surface area contributed by atoms with Crippen LogP contribution in [0.5, 0.6) is 0 Å². The van der Waals surface area contributed by atoms with Crippen LogP contribution in [0.3, 0.4) is 0 Å². The first-order chi connectivity index (χ1) is 14.8. The standard InChI is InChI=1S/C22H12F5N3S/c23-17-2-1-3-18(24)20(17)21-28-12-19(29-30-21)15-6-4-13(5-7-15)14-8-10-16(11-9-14)31-22(25,26)27/h1-12H. The minimum atomic E-state index is -4.33. The monoisotopic (exact) mass is 445 g/mol. The lowest BCUT2D eigenvalue weighted by Gasteiger charge is -2.08. The third-order valence-corrected chi connectivity index (χ3v) is 5.09. The van der Waals surface area contributed by atoms with Gasteiger partial charge in [-0.25, -0.2) is 13.8 Å². The molecule has 31 heavy (non-hydrogen) atoms. The Morgan fingerprint density at radius 3 is 1.74 bits per heavy atom. The summed E-state index contributed by atoms with van der Waals surface area (Å²) >= 11 is -0.164. The minimum absolute atomic E-state index is 0.112. The van der Waals surface area contributed by atoms with Crippen LogP contribution in [0, 0.1) is 11.6 Å². The molecule has 0 N–H and O–H groups in total. The molecule has 0 radical (unpaired) electrons. The van der Waals surface area contributed by atoms with Gasteiger partial charge in [0.25, 0.3) is 0 Å². The number of hydrogen-bond donors (Lipinski definition) is 0. The van der Waals surface area contributed by atoms with E-state index in [1.165, 1.54) is 24.4 Å². The number of hydrogen-bond acceptors (Lipinski definition) is 4. The van der Waals surface area contributed by atoms with E-state index in [2.05, 4.69) is 15.2 Å². The van der Waals surface area contributed by atoms with Crippen molar-refractivity contribution in [1.82, 2.24) is 15.2 Å². The first-order valence-electron chi connectivity index (χ1n) is 8.91. The minimum Gasteiger partial charge on any atom is -0.233 e. The van der Waals surface area contributed by atoms with Gasteiger partial charge in [-0.3, -0.25) is 0 Å². The maximum Gasteiger partial charge on any atom is 0.446 e. The SMILES string of the molecule is Fc1cccc(F)c1-c1ncc(-c2ccc(-c3ccc(SC(F)(F)F)cc3)cc2)nn1. The average Bonchev–Trinajstić information content (AvgIpc) is 2.74. The number of rotatable bonds is 4. The molecule has 0 spiro atoms. The van der Waals surface area contributed by atoms with Gasteiger partial charge in [-0.05, 0) is 47.2 Å². The smallest absolute Gasteiger partial charge is 0.233 e. The summed E-state index contributed by atoms with van der Waals surface area (Å²) in [5.41, 5.74) is -2.03. The van der Waals surface area contributed by atoms with Crippen molar-refractivity contribution in [3.05, 3.63) is 84.6 Å². The van der Waals surface area contributed by atoms with Gasteiger partial charge in [-0.2, -0.15) is 13.2 Å². The van der Waals surface area contributed by atoms with Crippen molar-refractivity contribution in [2.24, 2.45) is 0 Å². The second-order valence-electron chi connectivity index (χ2n) is 6.41. The van der Waals surface area contributed by atoms with E-state index < -0.39 is 17.1 Å². The zero-order valence-electron chi connectivity index (χ0n) is 15.6. The quantitative estimate of drug-likeness (QED) is 0.257. The number of thioether (sulfide) groups is 1. The van der Waals surface area contributed by atoms with Crippen molar-refractivity contribution >= 4 is 11.8 Å². The fourth-order valence-electron chi connectivity index (χ4n) is 2.92. The third kappa shape index (κ3) is 4.88. The van der Waals surface area contributed by atoms with Crippen LogP contribution in [0.1, 0.15) is 0 Å². The molecule has 4 rings (SSSR count). The summed E-state index contributed by atoms with van der Waals surface area (Å²) < 4.78 is 65.1. The summed E-state index contributed by atoms with van der Waals surface area (Å²) in [5, 5.41) is 7.83. The van der Waals surface area contributed by atoms with Crippen molar-refractivity contribution in [2.45, 2.75) is 10.4 Å². The fourth-order valence-corrected chi connectivity index (χ4v) is 3.46. The Morgan fingerprint density at radius 1 is 0.677 bits per heavy atom. The van der Waals surface area contributed by atoms with Crippen LogP contribution in [0.2, 0.25) is 0 Å². The highest BCUT2D eigenvalue weighted by molar-refractivity contribution is 8.00. The largest absolute Gasteiger partial charge is 0.446 e. The lowest BCUT2D eigenvalue weighted by Crippen LogP contribution is -1.99. The van der Waals surface area contributed by atoms with E-state index in [0.717, 1.165) is 23.3 Å². The van der Waals surface area contributed by atoms with Crippen molar-refractivity contribution < 1.29 is 22.0 Å². The second kappa shape index (κ2) is 8.43. The Morgan fingerprint density at radius 2 is 1.23 bits per heavy atom. The third-order valence-electron chi connectivity index (χ3n) is 4.35. The molecule has 9 heteroatoms. The van der Waals surface area contributed by atoms with E-state index in [1.54, 1.807) is 36.4 Å². The van der Waals surface area contributed by atoms with Crippen molar-refractivity contribution in [3.63, 3.8) is 0 Å². The maximum absolute atomic E-state index is 13.9. The summed E-state index contributed by atoms with van der Waals surface area (Å²) in [6.07, 6.45) is 1.37. The molecule has 0 saturated heterocycles. The second-order valence-corrected chi connectivity index (χ2v) is 7.55. The van der Waals surface area contributed by atoms with E-state index in [1.807, 2.05) is 0 Å². The van der Waals surface area contributed by atoms with Crippen LogP contribution in [-0.2, 0) is 0 Å². The summed E-state index contributed by atoms with van der Waals surface area (Å²) in [6.45, 7) is 0. The Balaban J connectivity index is 1.53. The molecule has 0 unspecified atom stereocenters. The molecule has 0 amide bonds. The summed E-state index contributed by atoms with van der Waals surface area (Å²) in [5.74, 6) is -1.72. The molecule has 156 valence electrons. The zero-order valence-corrected chi connectivity index (χ0v) is 16.4. The molecule has 0 aliphatic rings. The number of alkyl halides is 3. The molecule has 0 fully saturated rings. The number of halogens is 5. The lowest BCUT2D eigenvalue weighted by atomic mass is 10.0. The molecule has 0 aliphatic heterocycles. The van der Waals surface area contributed by atoms with Crippen molar-refractivity contribution in [1.29, 1.82) is 0 Å². The van der Waals surface area contributed by atoms with Crippen LogP contribution in [0.15, 0.2) is 77.8 Å². The lowest BCUT2D eigenvalue weighted by molar-refractivity contribution is -0.0328. The molecular weight excluding hydrogens is 433 g/mol. The summed E-state index contributed by atoms with van der Waals surface area (Å²) in [4.78, 5) is 4.13. The summed E-state index contributed by atoms with van der Waals surface area (Å²) in [7, 11) is 0. The Kier molecular flexibility index (Phi) is 5.69. The zero-order chi connectivity index (χ0) is 22.0. The molecule has 0 saturated carbocycles. The molecule has 1 aromatic heterocycles. The Bertz CT molecular complexity index is 1170. The first kappa shape index (κ1) is 20.9. The van der Waals surface area contributed by atoms with Gasteiger partial charge in [0.2, 0.25) is 0 Å². The van der Waals surface area contributed by atoms with Gasteiger partial charge in [0.05, 0.1) is 11.8 Å². The van der Waals surface area contributed by atoms with E-state index in [-0.39, 0.29) is 28.0 Å². The molecule has 3 nitrogen and oxygen atoms in total. The van der Waals surface area contributed by atoms with Gasteiger partial charge < -0.3 is 0 Å². The Hall–Kier alpha value is -3.33. The van der Waals surface area contributed by atoms with Crippen molar-refractivity contribution in [2.75, 3.05) is 0 Å². The fraction of sp³-hybridized carbons (Fsp3) is 0.0455. The van der Waals surface area contributed by atoms with Crippen molar-refractivity contribution in [3.8, 4) is 33.8 Å². The van der Waals surface area contributed by atoms with Crippen LogP contribution in [-0.4, -0.2) is 20.7 Å². The molecule has 0 aliphatic carbocycles. The van der Waals surface area contributed by atoms with E-state index in [9.17, 15) is 22.0 Å².